The zero-order valence-electron chi connectivity index (χ0n) is 10.7. The molecule has 0 unspecified atom stereocenters. The number of phenols is 2. The summed E-state index contributed by atoms with van der Waals surface area (Å²) in [7, 11) is 0. The average molecular weight is 260 g/mol. The second kappa shape index (κ2) is 3.87. The highest BCUT2D eigenvalue weighted by Crippen LogP contribution is 2.43. The maximum atomic E-state index is 10.3. The van der Waals surface area contributed by atoms with Crippen molar-refractivity contribution in [3.8, 4) is 11.5 Å². The molecule has 4 rings (SSSR count). The third kappa shape index (κ3) is 1.39. The molecule has 2 N–H and O–H groups in total. The van der Waals surface area contributed by atoms with E-state index in [1.165, 1.54) is 0 Å². The highest BCUT2D eigenvalue weighted by Gasteiger charge is 2.13. The van der Waals surface area contributed by atoms with E-state index in [1.54, 1.807) is 0 Å². The molecule has 0 aliphatic heterocycles. The zero-order valence-corrected chi connectivity index (χ0v) is 10.7. The van der Waals surface area contributed by atoms with E-state index in [0.29, 0.717) is 10.8 Å². The van der Waals surface area contributed by atoms with E-state index in [0.717, 1.165) is 21.5 Å². The van der Waals surface area contributed by atoms with Gasteiger partial charge in [0.15, 0.2) is 11.5 Å². The summed E-state index contributed by atoms with van der Waals surface area (Å²) in [4.78, 5) is 0. The zero-order chi connectivity index (χ0) is 13.7. The van der Waals surface area contributed by atoms with E-state index in [1.807, 2.05) is 54.6 Å². The second-order valence-corrected chi connectivity index (χ2v) is 4.99. The van der Waals surface area contributed by atoms with Crippen molar-refractivity contribution in [3.63, 3.8) is 0 Å². The van der Waals surface area contributed by atoms with Gasteiger partial charge in [0.05, 0.1) is 0 Å². The Balaban J connectivity index is 2.33. The summed E-state index contributed by atoms with van der Waals surface area (Å²) in [5.41, 5.74) is 0. The van der Waals surface area contributed by atoms with Gasteiger partial charge in [-0.2, -0.15) is 0 Å². The molecule has 0 bridgehead atoms. The molecular formula is C18H12O2. The number of fused-ring (bicyclic) bond motifs is 4. The van der Waals surface area contributed by atoms with Gasteiger partial charge in [-0.15, -0.1) is 0 Å². The fourth-order valence-corrected chi connectivity index (χ4v) is 2.84. The van der Waals surface area contributed by atoms with E-state index in [-0.39, 0.29) is 11.5 Å². The number of benzene rings is 4. The molecule has 20 heavy (non-hydrogen) atoms. The van der Waals surface area contributed by atoms with Gasteiger partial charge in [-0.05, 0) is 33.7 Å². The average Bonchev–Trinajstić information content (AvgIpc) is 2.51. The van der Waals surface area contributed by atoms with E-state index in [4.69, 9.17) is 0 Å². The molecule has 4 aromatic carbocycles. The van der Waals surface area contributed by atoms with Crippen LogP contribution >= 0.6 is 0 Å². The van der Waals surface area contributed by atoms with Gasteiger partial charge in [0.25, 0.3) is 0 Å². The quantitative estimate of drug-likeness (QED) is 0.276. The van der Waals surface area contributed by atoms with Gasteiger partial charge in [-0.25, -0.2) is 0 Å². The SMILES string of the molecule is Oc1c(O)c2cc3ccccc3cc2c2ccccc12. The van der Waals surface area contributed by atoms with E-state index in [9.17, 15) is 10.2 Å². The van der Waals surface area contributed by atoms with Gasteiger partial charge < -0.3 is 10.2 Å². The molecule has 0 fully saturated rings. The summed E-state index contributed by atoms with van der Waals surface area (Å²) in [6.45, 7) is 0. The van der Waals surface area contributed by atoms with Crippen LogP contribution in [0.4, 0.5) is 0 Å². The largest absolute Gasteiger partial charge is 0.504 e. The number of hydrogen-bond donors (Lipinski definition) is 2. The van der Waals surface area contributed by atoms with Gasteiger partial charge in [0.2, 0.25) is 0 Å². The summed E-state index contributed by atoms with van der Waals surface area (Å²) in [5, 5.41) is 25.9. The topological polar surface area (TPSA) is 40.5 Å². The van der Waals surface area contributed by atoms with Crippen LogP contribution in [0, 0.1) is 0 Å². The minimum Gasteiger partial charge on any atom is -0.504 e. The summed E-state index contributed by atoms with van der Waals surface area (Å²) in [5.74, 6) is -0.104. The monoisotopic (exact) mass is 260 g/mol. The Bertz CT molecular complexity index is 971. The Kier molecular flexibility index (Phi) is 2.15. The van der Waals surface area contributed by atoms with Crippen LogP contribution in [-0.2, 0) is 0 Å². The highest BCUT2D eigenvalue weighted by atomic mass is 16.3. The van der Waals surface area contributed by atoms with Crippen molar-refractivity contribution in [1.82, 2.24) is 0 Å². The molecule has 0 spiro atoms. The molecule has 0 heterocycles. The molecule has 0 radical (unpaired) electrons. The van der Waals surface area contributed by atoms with Crippen LogP contribution in [0.15, 0.2) is 60.7 Å². The Morgan fingerprint density at radius 3 is 1.70 bits per heavy atom. The number of rotatable bonds is 0. The number of phenolic OH excluding ortho intramolecular Hbond substituents is 2. The lowest BCUT2D eigenvalue weighted by Crippen LogP contribution is -1.82. The van der Waals surface area contributed by atoms with E-state index in [2.05, 4.69) is 6.07 Å². The summed E-state index contributed by atoms with van der Waals surface area (Å²) in [6.07, 6.45) is 0. The molecular weight excluding hydrogens is 248 g/mol. The summed E-state index contributed by atoms with van der Waals surface area (Å²) >= 11 is 0. The molecule has 0 atom stereocenters. The number of hydrogen-bond acceptors (Lipinski definition) is 2. The normalized spacial score (nSPS) is 11.4. The predicted molar refractivity (Wildman–Crippen MR) is 82.3 cm³/mol. The molecule has 0 saturated carbocycles. The van der Waals surface area contributed by atoms with Crippen molar-refractivity contribution >= 4 is 32.3 Å². The van der Waals surface area contributed by atoms with Gasteiger partial charge in [-0.3, -0.25) is 0 Å². The molecule has 96 valence electrons. The Labute approximate surface area is 115 Å². The molecule has 0 saturated heterocycles. The summed E-state index contributed by atoms with van der Waals surface area (Å²) < 4.78 is 0. The Hall–Kier alpha value is -2.74. The molecule has 2 heteroatoms. The van der Waals surface area contributed by atoms with E-state index < -0.39 is 0 Å². The maximum absolute atomic E-state index is 10.3. The van der Waals surface area contributed by atoms with Crippen LogP contribution in [0.1, 0.15) is 0 Å². The van der Waals surface area contributed by atoms with E-state index >= 15 is 0 Å². The first-order valence-corrected chi connectivity index (χ1v) is 6.51. The van der Waals surface area contributed by atoms with Gasteiger partial charge in [0.1, 0.15) is 0 Å². The summed E-state index contributed by atoms with van der Waals surface area (Å²) in [6, 6.07) is 19.6. The fourth-order valence-electron chi connectivity index (χ4n) is 2.84. The molecule has 4 aromatic rings. The van der Waals surface area contributed by atoms with Crippen LogP contribution in [0.2, 0.25) is 0 Å². The van der Waals surface area contributed by atoms with Crippen LogP contribution in [0.25, 0.3) is 32.3 Å². The van der Waals surface area contributed by atoms with Crippen LogP contribution in [0.3, 0.4) is 0 Å². The van der Waals surface area contributed by atoms with Gasteiger partial charge >= 0.3 is 0 Å². The number of aromatic hydroxyl groups is 2. The highest BCUT2D eigenvalue weighted by molar-refractivity contribution is 6.16. The third-order valence-corrected chi connectivity index (χ3v) is 3.84. The van der Waals surface area contributed by atoms with Crippen molar-refractivity contribution in [2.45, 2.75) is 0 Å². The smallest absolute Gasteiger partial charge is 0.166 e. The first-order chi connectivity index (χ1) is 9.75. The van der Waals surface area contributed by atoms with Crippen LogP contribution in [-0.4, -0.2) is 10.2 Å². The minimum atomic E-state index is -0.0524. The molecule has 0 aliphatic rings. The molecule has 2 nitrogen and oxygen atoms in total. The predicted octanol–water partition coefficient (Wildman–Crippen LogP) is 4.56. The standard InChI is InChI=1S/C18H12O2/c19-17-14-8-4-3-7-13(14)15-9-11-5-1-2-6-12(11)10-16(15)18(17)20/h1-10,19-20H. The van der Waals surface area contributed by atoms with Crippen molar-refractivity contribution in [1.29, 1.82) is 0 Å². The van der Waals surface area contributed by atoms with Gasteiger partial charge in [0, 0.05) is 10.8 Å². The first kappa shape index (κ1) is 11.1. The Morgan fingerprint density at radius 2 is 1.00 bits per heavy atom. The lowest BCUT2D eigenvalue weighted by Gasteiger charge is -2.10. The lowest BCUT2D eigenvalue weighted by molar-refractivity contribution is 0.412. The third-order valence-electron chi connectivity index (χ3n) is 3.84. The minimum absolute atomic E-state index is 0.0514. The van der Waals surface area contributed by atoms with Crippen molar-refractivity contribution in [2.24, 2.45) is 0 Å². The second-order valence-electron chi connectivity index (χ2n) is 4.99. The fraction of sp³-hybridized carbons (Fsp3) is 0. The molecule has 0 aliphatic carbocycles. The lowest BCUT2D eigenvalue weighted by atomic mass is 9.97. The Morgan fingerprint density at radius 1 is 0.500 bits per heavy atom. The first-order valence-electron chi connectivity index (χ1n) is 6.51. The van der Waals surface area contributed by atoms with Crippen molar-refractivity contribution < 1.29 is 10.2 Å². The van der Waals surface area contributed by atoms with Crippen LogP contribution in [0.5, 0.6) is 11.5 Å². The van der Waals surface area contributed by atoms with Crippen LogP contribution < -0.4 is 0 Å². The van der Waals surface area contributed by atoms with Crippen molar-refractivity contribution in [3.05, 3.63) is 60.7 Å². The van der Waals surface area contributed by atoms with Gasteiger partial charge in [-0.1, -0.05) is 48.5 Å². The van der Waals surface area contributed by atoms with Crippen molar-refractivity contribution in [2.75, 3.05) is 0 Å². The maximum Gasteiger partial charge on any atom is 0.166 e. The molecule has 0 aromatic heterocycles. The molecule has 0 amide bonds.